The molecule has 216 valence electrons. The van der Waals surface area contributed by atoms with Crippen LogP contribution in [0.15, 0.2) is 182 Å². The Morgan fingerprint density at radius 2 is 0.488 bits per heavy atom. The van der Waals surface area contributed by atoms with E-state index in [2.05, 4.69) is 182 Å². The first-order valence-electron chi connectivity index (χ1n) is 13.7. The van der Waals surface area contributed by atoms with Crippen LogP contribution in [0.1, 0.15) is 6.92 Å². The van der Waals surface area contributed by atoms with Gasteiger partial charge in [-0.25, -0.2) is 0 Å². The van der Waals surface area contributed by atoms with Crippen LogP contribution in [-0.4, -0.2) is 11.1 Å². The maximum Gasteiger partial charge on any atom is 0.300 e. The van der Waals surface area contributed by atoms with E-state index < -0.39 is 21.8 Å². The highest BCUT2D eigenvalue weighted by atomic mass is 79.9. The normalized spacial score (nSPS) is 9.93. The highest BCUT2D eigenvalue weighted by Crippen LogP contribution is 2.33. The molecule has 2 nitrogen and oxygen atoms in total. The molecule has 0 bridgehead atoms. The summed E-state index contributed by atoms with van der Waals surface area (Å²) >= 11 is 0. The van der Waals surface area contributed by atoms with Crippen molar-refractivity contribution in [1.29, 1.82) is 0 Å². The summed E-state index contributed by atoms with van der Waals surface area (Å²) in [6, 6.07) is 64.7. The second-order valence-electron chi connectivity index (χ2n) is 9.20. The van der Waals surface area contributed by atoms with Crippen molar-refractivity contribution in [3.05, 3.63) is 182 Å². The van der Waals surface area contributed by atoms with Gasteiger partial charge in [-0.1, -0.05) is 182 Å². The fourth-order valence-electron chi connectivity index (χ4n) is 4.36. The number of hydrogen-bond donors (Lipinski definition) is 1. The van der Waals surface area contributed by atoms with E-state index in [4.69, 9.17) is 9.90 Å². The Morgan fingerprint density at radius 1 is 0.372 bits per heavy atom. The van der Waals surface area contributed by atoms with Crippen LogP contribution in [0, 0.1) is 0 Å². The van der Waals surface area contributed by atoms with Gasteiger partial charge in [-0.15, -0.1) is 17.0 Å². The second-order valence-corrected chi connectivity index (χ2v) is 13.6. The van der Waals surface area contributed by atoms with Crippen molar-refractivity contribution in [1.82, 2.24) is 0 Å². The largest absolute Gasteiger partial charge is 0.481 e. The Bertz CT molecular complexity index is 1280. The molecule has 0 aliphatic rings. The molecule has 0 spiro atoms. The smallest absolute Gasteiger partial charge is 0.300 e. The van der Waals surface area contributed by atoms with Crippen molar-refractivity contribution in [2.75, 3.05) is 0 Å². The molecule has 1 N–H and O–H groups in total. The van der Waals surface area contributed by atoms with Gasteiger partial charge >= 0.3 is 0 Å². The molecule has 6 aromatic carbocycles. The van der Waals surface area contributed by atoms with Gasteiger partial charge in [0, 0.05) is 6.92 Å². The zero-order valence-corrected chi connectivity index (χ0v) is 27.5. The van der Waals surface area contributed by atoms with Crippen LogP contribution in [0.3, 0.4) is 0 Å². The molecule has 0 unspecified atom stereocenters. The van der Waals surface area contributed by atoms with E-state index in [0.717, 1.165) is 6.92 Å². The van der Waals surface area contributed by atoms with Gasteiger partial charge in [-0.2, -0.15) is 0 Å². The Morgan fingerprint density at radius 3 is 0.605 bits per heavy atom. The van der Waals surface area contributed by atoms with E-state index in [9.17, 15) is 0 Å². The molecule has 0 heterocycles. The Balaban J connectivity index is 0.000000206. The highest BCUT2D eigenvalue weighted by Gasteiger charge is 2.16. The topological polar surface area (TPSA) is 37.3 Å². The summed E-state index contributed by atoms with van der Waals surface area (Å²) in [5.74, 6) is -0.833. The summed E-state index contributed by atoms with van der Waals surface area (Å²) in [7, 11) is -0.892. The summed E-state index contributed by atoms with van der Waals surface area (Å²) in [4.78, 5) is 9.00. The highest BCUT2D eigenvalue weighted by molar-refractivity contribution is 8.93. The first-order valence-corrected chi connectivity index (χ1v) is 16.4. The van der Waals surface area contributed by atoms with Crippen LogP contribution in [0.25, 0.3) is 0 Å². The number of hydrogen-bond acceptors (Lipinski definition) is 1. The molecule has 6 aromatic rings. The third-order valence-corrected chi connectivity index (χ3v) is 11.0. The molecule has 0 aromatic heterocycles. The molecule has 0 atom stereocenters. The van der Waals surface area contributed by atoms with E-state index >= 15 is 0 Å². The van der Waals surface area contributed by atoms with Crippen LogP contribution in [-0.2, 0) is 4.79 Å². The minimum Gasteiger partial charge on any atom is -0.481 e. The van der Waals surface area contributed by atoms with Crippen molar-refractivity contribution in [3.63, 3.8) is 0 Å². The lowest BCUT2D eigenvalue weighted by Gasteiger charge is -2.18. The van der Waals surface area contributed by atoms with E-state index in [-0.39, 0.29) is 17.0 Å². The predicted molar refractivity (Wildman–Crippen MR) is 194 cm³/mol. The Kier molecular flexibility index (Phi) is 14.6. The summed E-state index contributed by atoms with van der Waals surface area (Å²) in [6.45, 7) is 1.08. The summed E-state index contributed by atoms with van der Waals surface area (Å²) in [5, 5.41) is 15.8. The van der Waals surface area contributed by atoms with Gasteiger partial charge in [0.25, 0.3) is 5.97 Å². The van der Waals surface area contributed by atoms with Gasteiger partial charge in [-0.3, -0.25) is 4.79 Å². The fourth-order valence-corrected chi connectivity index (χ4v) is 8.97. The van der Waals surface area contributed by atoms with Gasteiger partial charge in [-0.05, 0) is 47.7 Å². The van der Waals surface area contributed by atoms with E-state index in [1.165, 1.54) is 31.8 Å². The van der Waals surface area contributed by atoms with Crippen molar-refractivity contribution >= 4 is 70.6 Å². The number of carbonyl (C=O) groups is 1. The number of carboxylic acids is 1. The molecule has 43 heavy (non-hydrogen) atoms. The van der Waals surface area contributed by atoms with Crippen molar-refractivity contribution in [2.24, 2.45) is 0 Å². The minimum absolute atomic E-state index is 0. The number of halogens is 1. The zero-order chi connectivity index (χ0) is 29.4. The Hall–Kier alpha value is -3.87. The SMILES string of the molecule is Br.CC(=O)O.c1ccc(P(c2ccccc2)c2ccccc2)cc1.c1ccc(P(c2ccccc2)c2ccccc2)cc1. The van der Waals surface area contributed by atoms with Gasteiger partial charge in [0.15, 0.2) is 0 Å². The molecule has 0 saturated carbocycles. The van der Waals surface area contributed by atoms with Crippen molar-refractivity contribution < 1.29 is 9.90 Å². The molecule has 0 radical (unpaired) electrons. The number of benzene rings is 6. The molecular formula is C38H35BrO2P2. The van der Waals surface area contributed by atoms with E-state index in [1.54, 1.807) is 0 Å². The van der Waals surface area contributed by atoms with Crippen LogP contribution in [0.4, 0.5) is 0 Å². The molecule has 0 amide bonds. The maximum absolute atomic E-state index is 9.00. The van der Waals surface area contributed by atoms with E-state index in [0.29, 0.717) is 0 Å². The van der Waals surface area contributed by atoms with Crippen molar-refractivity contribution in [3.8, 4) is 0 Å². The van der Waals surface area contributed by atoms with Gasteiger partial charge < -0.3 is 5.11 Å². The standard InChI is InChI=1S/2C18H15P.C2H4O2.BrH/c2*1-4-10-16(11-5-1)19(17-12-6-2-7-13-17)18-14-8-3-9-15-18;1-2(3)4;/h2*1-15H;1H3,(H,3,4);1H. The van der Waals surface area contributed by atoms with Crippen LogP contribution >= 0.6 is 32.8 Å². The molecule has 0 fully saturated rings. The van der Waals surface area contributed by atoms with Crippen LogP contribution < -0.4 is 31.8 Å². The summed E-state index contributed by atoms with van der Waals surface area (Å²) < 4.78 is 0. The van der Waals surface area contributed by atoms with E-state index in [1.807, 2.05) is 0 Å². The molecule has 6 rings (SSSR count). The monoisotopic (exact) mass is 664 g/mol. The molecule has 0 aliphatic carbocycles. The number of rotatable bonds is 6. The lowest BCUT2D eigenvalue weighted by molar-refractivity contribution is -0.134. The molecule has 5 heteroatoms. The fraction of sp³-hybridized carbons (Fsp3) is 0.0263. The minimum atomic E-state index is -0.833. The van der Waals surface area contributed by atoms with Crippen molar-refractivity contribution in [2.45, 2.75) is 6.92 Å². The summed E-state index contributed by atoms with van der Waals surface area (Å²) in [5.41, 5.74) is 0. The lowest BCUT2D eigenvalue weighted by Crippen LogP contribution is -2.20. The molecule has 0 saturated heterocycles. The van der Waals surface area contributed by atoms with Crippen LogP contribution in [0.5, 0.6) is 0 Å². The lowest BCUT2D eigenvalue weighted by atomic mass is 10.4. The third-order valence-electron chi connectivity index (χ3n) is 6.09. The molecular weight excluding hydrogens is 630 g/mol. The average Bonchev–Trinajstić information content (AvgIpc) is 3.05. The van der Waals surface area contributed by atoms with Gasteiger partial charge in [0.1, 0.15) is 0 Å². The third kappa shape index (κ3) is 10.7. The van der Waals surface area contributed by atoms with Gasteiger partial charge in [0.2, 0.25) is 0 Å². The summed E-state index contributed by atoms with van der Waals surface area (Å²) in [6.07, 6.45) is 0. The quantitative estimate of drug-likeness (QED) is 0.187. The second kappa shape index (κ2) is 18.6. The first-order chi connectivity index (χ1) is 20.6. The average molecular weight is 666 g/mol. The predicted octanol–water partition coefficient (Wildman–Crippen LogP) is 7.56. The number of carboxylic acid groups (broad SMARTS) is 1. The number of aliphatic carboxylic acids is 1. The molecule has 0 aliphatic heterocycles. The van der Waals surface area contributed by atoms with Gasteiger partial charge in [0.05, 0.1) is 0 Å². The zero-order valence-electron chi connectivity index (χ0n) is 24.0. The Labute approximate surface area is 268 Å². The first kappa shape index (κ1) is 33.6. The maximum atomic E-state index is 9.00. The van der Waals surface area contributed by atoms with Crippen LogP contribution in [0.2, 0.25) is 0 Å².